The molecule has 0 unspecified atom stereocenters. The molecule has 0 aromatic heterocycles. The molecule has 1 N–H and O–H groups in total. The Bertz CT molecular complexity index is 720. The molecule has 1 saturated heterocycles. The number of carbonyl (C=O) groups excluding carboxylic acids is 1. The summed E-state index contributed by atoms with van der Waals surface area (Å²) >= 11 is 0. The lowest BCUT2D eigenvalue weighted by molar-refractivity contribution is -0.124. The van der Waals surface area contributed by atoms with Crippen molar-refractivity contribution in [3.63, 3.8) is 0 Å². The highest BCUT2D eigenvalue weighted by Crippen LogP contribution is 2.25. The summed E-state index contributed by atoms with van der Waals surface area (Å²) in [4.78, 5) is 14.5. The number of sulfone groups is 1. The number of benzene rings is 1. The molecule has 1 fully saturated rings. The van der Waals surface area contributed by atoms with E-state index in [1.54, 1.807) is 14.0 Å². The minimum absolute atomic E-state index is 0.0172. The predicted molar refractivity (Wildman–Crippen MR) is 98.5 cm³/mol. The highest BCUT2D eigenvalue weighted by Gasteiger charge is 2.39. The van der Waals surface area contributed by atoms with Gasteiger partial charge < -0.3 is 10.1 Å². The van der Waals surface area contributed by atoms with Crippen LogP contribution in [-0.2, 0) is 14.6 Å². The number of amides is 1. The summed E-state index contributed by atoms with van der Waals surface area (Å²) in [5.74, 6) is 0.801. The molecule has 1 aromatic carbocycles. The molecule has 0 spiro atoms. The molecule has 0 bridgehead atoms. The maximum atomic E-state index is 12.5. The highest BCUT2D eigenvalue weighted by molar-refractivity contribution is 7.91. The average Bonchev–Trinajstić information content (AvgIpc) is 2.84. The monoisotopic (exact) mass is 368 g/mol. The van der Waals surface area contributed by atoms with E-state index in [-0.39, 0.29) is 30.0 Å². The van der Waals surface area contributed by atoms with Crippen LogP contribution in [0.4, 0.5) is 0 Å². The van der Waals surface area contributed by atoms with Gasteiger partial charge in [0.05, 0.1) is 30.7 Å². The first-order valence-corrected chi connectivity index (χ1v) is 10.4. The minimum Gasteiger partial charge on any atom is -0.497 e. The lowest BCUT2D eigenvalue weighted by atomic mass is 10.0. The quantitative estimate of drug-likeness (QED) is 0.794. The fourth-order valence-electron chi connectivity index (χ4n) is 3.30. The van der Waals surface area contributed by atoms with E-state index in [2.05, 4.69) is 10.2 Å². The Hall–Kier alpha value is -1.60. The van der Waals surface area contributed by atoms with Crippen molar-refractivity contribution in [2.75, 3.05) is 31.7 Å². The van der Waals surface area contributed by atoms with Crippen LogP contribution in [-0.4, -0.2) is 56.5 Å². The Morgan fingerprint density at radius 1 is 1.44 bits per heavy atom. The van der Waals surface area contributed by atoms with Crippen molar-refractivity contribution < 1.29 is 17.9 Å². The Morgan fingerprint density at radius 3 is 2.72 bits per heavy atom. The fraction of sp³-hybridized carbons (Fsp3) is 0.611. The average molecular weight is 368 g/mol. The van der Waals surface area contributed by atoms with Gasteiger partial charge in [0.1, 0.15) is 5.75 Å². The Balaban J connectivity index is 2.02. The number of nitrogens with zero attached hydrogens (tertiary/aromatic N) is 1. The number of rotatable bonds is 7. The van der Waals surface area contributed by atoms with Crippen molar-refractivity contribution >= 4 is 15.7 Å². The molecule has 140 valence electrons. The van der Waals surface area contributed by atoms with Gasteiger partial charge in [-0.05, 0) is 44.5 Å². The topological polar surface area (TPSA) is 75.7 Å². The van der Waals surface area contributed by atoms with Gasteiger partial charge in [-0.25, -0.2) is 8.42 Å². The third kappa shape index (κ3) is 5.19. The summed E-state index contributed by atoms with van der Waals surface area (Å²) in [5, 5.41) is 2.92. The van der Waals surface area contributed by atoms with E-state index in [0.717, 1.165) is 11.3 Å². The normalized spacial score (nSPS) is 23.4. The number of nitrogens with one attached hydrogen (secondary N) is 1. The molecule has 0 saturated carbocycles. The van der Waals surface area contributed by atoms with E-state index in [1.165, 1.54) is 0 Å². The summed E-state index contributed by atoms with van der Waals surface area (Å²) in [7, 11) is -1.41. The predicted octanol–water partition coefficient (Wildman–Crippen LogP) is 1.77. The van der Waals surface area contributed by atoms with Gasteiger partial charge in [-0.1, -0.05) is 19.1 Å². The van der Waals surface area contributed by atoms with Crippen molar-refractivity contribution in [1.29, 1.82) is 0 Å². The fourth-order valence-corrected chi connectivity index (χ4v) is 5.40. The van der Waals surface area contributed by atoms with E-state index in [0.29, 0.717) is 13.0 Å². The molecule has 1 heterocycles. The second-order valence-corrected chi connectivity index (χ2v) is 9.15. The molecule has 0 radical (unpaired) electrons. The second kappa shape index (κ2) is 7.74. The third-order valence-corrected chi connectivity index (χ3v) is 6.72. The number of likely N-dealkylation sites (N-methyl/N-ethyl adjacent to an activating group) is 1. The highest BCUT2D eigenvalue weighted by atomic mass is 32.2. The maximum absolute atomic E-state index is 12.5. The third-order valence-electron chi connectivity index (χ3n) is 4.82. The van der Waals surface area contributed by atoms with Crippen LogP contribution >= 0.6 is 0 Å². The number of methoxy groups -OCH3 is 1. The first-order valence-electron chi connectivity index (χ1n) is 8.57. The molecule has 25 heavy (non-hydrogen) atoms. The van der Waals surface area contributed by atoms with E-state index in [9.17, 15) is 13.2 Å². The molecule has 2 rings (SSSR count). The van der Waals surface area contributed by atoms with Crippen molar-refractivity contribution in [3.05, 3.63) is 29.8 Å². The van der Waals surface area contributed by atoms with Crippen molar-refractivity contribution in [2.45, 2.75) is 38.8 Å². The lowest BCUT2D eigenvalue weighted by Crippen LogP contribution is -2.50. The minimum atomic E-state index is -3.04. The number of carbonyl (C=O) groups is 1. The molecule has 1 aliphatic heterocycles. The van der Waals surface area contributed by atoms with E-state index in [1.807, 2.05) is 38.1 Å². The SMILES string of the molecule is CCN(CC(=O)N[C@]1(C)CCS(=O)(=O)C1)[C@H](C)c1cccc(OC)c1. The zero-order valence-corrected chi connectivity index (χ0v) is 16.2. The second-order valence-electron chi connectivity index (χ2n) is 6.97. The van der Waals surface area contributed by atoms with Gasteiger partial charge in [0.15, 0.2) is 9.84 Å². The number of hydrogen-bond acceptors (Lipinski definition) is 5. The summed E-state index contributed by atoms with van der Waals surface area (Å²) in [5.41, 5.74) is 0.415. The molecule has 7 heteroatoms. The molecule has 0 aliphatic carbocycles. The first-order chi connectivity index (χ1) is 11.7. The Morgan fingerprint density at radius 2 is 2.16 bits per heavy atom. The van der Waals surface area contributed by atoms with E-state index < -0.39 is 15.4 Å². The molecule has 1 aromatic rings. The molecule has 1 amide bonds. The zero-order chi connectivity index (χ0) is 18.7. The Kier molecular flexibility index (Phi) is 6.11. The van der Waals surface area contributed by atoms with Crippen LogP contribution in [0.5, 0.6) is 5.75 Å². The van der Waals surface area contributed by atoms with Gasteiger partial charge in [-0.3, -0.25) is 9.69 Å². The maximum Gasteiger partial charge on any atom is 0.234 e. The van der Waals surface area contributed by atoms with Crippen LogP contribution in [0.1, 0.15) is 38.8 Å². The Labute approximate surface area is 150 Å². The smallest absolute Gasteiger partial charge is 0.234 e. The lowest BCUT2D eigenvalue weighted by Gasteiger charge is -2.30. The standard InChI is InChI=1S/C18H28N2O4S/c1-5-20(14(2)15-7-6-8-16(11-15)24-4)12-17(21)19-18(3)9-10-25(22,23)13-18/h6-8,11,14H,5,9-10,12-13H2,1-4H3,(H,19,21)/t14-,18-/m1/s1. The number of ether oxygens (including phenoxy) is 1. The van der Waals surface area contributed by atoms with Gasteiger partial charge in [0, 0.05) is 6.04 Å². The van der Waals surface area contributed by atoms with Gasteiger partial charge in [0.25, 0.3) is 0 Å². The summed E-state index contributed by atoms with van der Waals surface area (Å²) in [6.45, 7) is 6.79. The molecular formula is C18H28N2O4S. The van der Waals surface area contributed by atoms with E-state index >= 15 is 0 Å². The van der Waals surface area contributed by atoms with Gasteiger partial charge >= 0.3 is 0 Å². The molecule has 2 atom stereocenters. The van der Waals surface area contributed by atoms with Crippen LogP contribution < -0.4 is 10.1 Å². The van der Waals surface area contributed by atoms with Gasteiger partial charge in [-0.2, -0.15) is 0 Å². The van der Waals surface area contributed by atoms with Crippen LogP contribution in [0.25, 0.3) is 0 Å². The van der Waals surface area contributed by atoms with Crippen molar-refractivity contribution in [1.82, 2.24) is 10.2 Å². The van der Waals surface area contributed by atoms with E-state index in [4.69, 9.17) is 4.74 Å². The van der Waals surface area contributed by atoms with Gasteiger partial charge in [0.2, 0.25) is 5.91 Å². The molecule has 6 nitrogen and oxygen atoms in total. The first kappa shape index (κ1) is 19.7. The molecule has 1 aliphatic rings. The summed E-state index contributed by atoms with van der Waals surface area (Å²) in [6.07, 6.45) is 0.471. The van der Waals surface area contributed by atoms with Gasteiger partial charge in [-0.15, -0.1) is 0 Å². The number of hydrogen-bond donors (Lipinski definition) is 1. The summed E-state index contributed by atoms with van der Waals surface area (Å²) in [6, 6.07) is 7.85. The van der Waals surface area contributed by atoms with Crippen LogP contribution in [0, 0.1) is 0 Å². The van der Waals surface area contributed by atoms with Crippen molar-refractivity contribution in [2.24, 2.45) is 0 Å². The van der Waals surface area contributed by atoms with Crippen molar-refractivity contribution in [3.8, 4) is 5.75 Å². The molecular weight excluding hydrogens is 340 g/mol. The summed E-state index contributed by atoms with van der Waals surface area (Å²) < 4.78 is 28.6. The van der Waals surface area contributed by atoms with Crippen LogP contribution in [0.2, 0.25) is 0 Å². The van der Waals surface area contributed by atoms with Crippen LogP contribution in [0.3, 0.4) is 0 Å². The largest absolute Gasteiger partial charge is 0.497 e. The zero-order valence-electron chi connectivity index (χ0n) is 15.4. The van der Waals surface area contributed by atoms with Crippen LogP contribution in [0.15, 0.2) is 24.3 Å².